The van der Waals surface area contributed by atoms with Gasteiger partial charge in [-0.1, -0.05) is 30.8 Å². The van der Waals surface area contributed by atoms with Gasteiger partial charge in [-0.05, 0) is 23.4 Å². The molecule has 0 spiro atoms. The third-order valence-corrected chi connectivity index (χ3v) is 5.34. The van der Waals surface area contributed by atoms with Crippen molar-refractivity contribution in [2.24, 2.45) is 0 Å². The third kappa shape index (κ3) is 3.24. The summed E-state index contributed by atoms with van der Waals surface area (Å²) < 4.78 is 20.0. The highest BCUT2D eigenvalue weighted by Gasteiger charge is 2.17. The Morgan fingerprint density at radius 1 is 1.33 bits per heavy atom. The van der Waals surface area contributed by atoms with Crippen LogP contribution in [-0.2, 0) is 11.3 Å². The molecule has 1 aromatic carbocycles. The SMILES string of the molecule is CCSc1nc2scc(-c3ccc(F)cc3)c2c(=O)n1CCOC. The molecule has 0 fully saturated rings. The van der Waals surface area contributed by atoms with Crippen LogP contribution in [0.15, 0.2) is 39.6 Å². The van der Waals surface area contributed by atoms with Gasteiger partial charge in [0.1, 0.15) is 10.6 Å². The highest BCUT2D eigenvalue weighted by molar-refractivity contribution is 7.99. The molecule has 0 unspecified atom stereocenters. The number of thioether (sulfide) groups is 1. The van der Waals surface area contributed by atoms with Gasteiger partial charge in [0.25, 0.3) is 5.56 Å². The smallest absolute Gasteiger partial charge is 0.263 e. The Morgan fingerprint density at radius 3 is 2.75 bits per heavy atom. The lowest BCUT2D eigenvalue weighted by Gasteiger charge is -2.11. The molecular weight excluding hydrogens is 347 g/mol. The van der Waals surface area contributed by atoms with Gasteiger partial charge in [-0.25, -0.2) is 9.37 Å². The zero-order chi connectivity index (χ0) is 17.1. The number of halogens is 1. The lowest BCUT2D eigenvalue weighted by atomic mass is 10.1. The molecule has 0 saturated carbocycles. The van der Waals surface area contributed by atoms with Crippen LogP contribution in [0.25, 0.3) is 21.3 Å². The number of hydrogen-bond acceptors (Lipinski definition) is 5. The maximum absolute atomic E-state index is 13.2. The molecule has 0 amide bonds. The molecule has 7 heteroatoms. The molecule has 0 aliphatic rings. The number of thiophene rings is 1. The van der Waals surface area contributed by atoms with Crippen molar-refractivity contribution < 1.29 is 9.13 Å². The summed E-state index contributed by atoms with van der Waals surface area (Å²) in [6.45, 7) is 2.93. The zero-order valence-electron chi connectivity index (χ0n) is 13.4. The summed E-state index contributed by atoms with van der Waals surface area (Å²) in [5, 5.41) is 3.20. The first-order valence-electron chi connectivity index (χ1n) is 7.55. The molecular formula is C17H17FN2O2S2. The summed E-state index contributed by atoms with van der Waals surface area (Å²) in [5.74, 6) is 0.539. The molecule has 0 aliphatic carbocycles. The minimum atomic E-state index is -0.296. The Labute approximate surface area is 147 Å². The van der Waals surface area contributed by atoms with Crippen LogP contribution in [0.5, 0.6) is 0 Å². The molecule has 126 valence electrons. The van der Waals surface area contributed by atoms with E-state index in [2.05, 4.69) is 4.98 Å². The van der Waals surface area contributed by atoms with E-state index in [9.17, 15) is 9.18 Å². The van der Waals surface area contributed by atoms with Crippen molar-refractivity contribution in [3.8, 4) is 11.1 Å². The van der Waals surface area contributed by atoms with Gasteiger partial charge >= 0.3 is 0 Å². The molecule has 4 nitrogen and oxygen atoms in total. The van der Waals surface area contributed by atoms with Crippen LogP contribution in [0.3, 0.4) is 0 Å². The Kier molecular flexibility index (Phi) is 5.33. The van der Waals surface area contributed by atoms with Gasteiger partial charge in [-0.15, -0.1) is 11.3 Å². The molecule has 0 radical (unpaired) electrons. The summed E-state index contributed by atoms with van der Waals surface area (Å²) >= 11 is 2.98. The lowest BCUT2D eigenvalue weighted by Crippen LogP contribution is -2.25. The van der Waals surface area contributed by atoms with Crippen molar-refractivity contribution in [2.45, 2.75) is 18.6 Å². The van der Waals surface area contributed by atoms with Crippen molar-refractivity contribution in [3.05, 3.63) is 45.8 Å². The molecule has 2 aromatic heterocycles. The summed E-state index contributed by atoms with van der Waals surface area (Å²) in [5.41, 5.74) is 1.54. The summed E-state index contributed by atoms with van der Waals surface area (Å²) in [4.78, 5) is 18.4. The summed E-state index contributed by atoms with van der Waals surface area (Å²) in [6.07, 6.45) is 0. The van der Waals surface area contributed by atoms with Gasteiger partial charge in [0, 0.05) is 18.1 Å². The van der Waals surface area contributed by atoms with Gasteiger partial charge in [0.05, 0.1) is 18.5 Å². The van der Waals surface area contributed by atoms with Crippen LogP contribution in [-0.4, -0.2) is 29.0 Å². The summed E-state index contributed by atoms with van der Waals surface area (Å²) in [7, 11) is 1.61. The molecule has 0 saturated heterocycles. The molecule has 0 bridgehead atoms. The van der Waals surface area contributed by atoms with Crippen LogP contribution < -0.4 is 5.56 Å². The van der Waals surface area contributed by atoms with Gasteiger partial charge < -0.3 is 4.74 Å². The predicted octanol–water partition coefficient (Wildman–Crippen LogP) is 4.02. The lowest BCUT2D eigenvalue weighted by molar-refractivity contribution is 0.183. The van der Waals surface area contributed by atoms with E-state index in [-0.39, 0.29) is 11.4 Å². The Bertz CT molecular complexity index is 903. The van der Waals surface area contributed by atoms with Crippen molar-refractivity contribution in [1.82, 2.24) is 9.55 Å². The molecule has 3 aromatic rings. The maximum atomic E-state index is 13.2. The summed E-state index contributed by atoms with van der Waals surface area (Å²) in [6, 6.07) is 6.17. The average Bonchev–Trinajstić information content (AvgIpc) is 3.00. The average molecular weight is 364 g/mol. The van der Waals surface area contributed by atoms with E-state index in [1.807, 2.05) is 12.3 Å². The Balaban J connectivity index is 2.20. The Morgan fingerprint density at radius 2 is 2.08 bits per heavy atom. The van der Waals surface area contributed by atoms with E-state index in [0.29, 0.717) is 28.5 Å². The van der Waals surface area contributed by atoms with E-state index < -0.39 is 0 Å². The number of benzene rings is 1. The monoisotopic (exact) mass is 364 g/mol. The van der Waals surface area contributed by atoms with Crippen LogP contribution in [0.4, 0.5) is 4.39 Å². The Hall–Kier alpha value is -1.70. The predicted molar refractivity (Wildman–Crippen MR) is 97.5 cm³/mol. The first kappa shape index (κ1) is 17.1. The quantitative estimate of drug-likeness (QED) is 0.489. The van der Waals surface area contributed by atoms with Crippen molar-refractivity contribution >= 4 is 33.3 Å². The topological polar surface area (TPSA) is 44.1 Å². The fourth-order valence-corrected chi connectivity index (χ4v) is 4.21. The molecule has 0 aliphatic heterocycles. The van der Waals surface area contributed by atoms with Gasteiger partial charge in [-0.2, -0.15) is 0 Å². The first-order valence-corrected chi connectivity index (χ1v) is 9.42. The van der Waals surface area contributed by atoms with Crippen LogP contribution >= 0.6 is 23.1 Å². The normalized spacial score (nSPS) is 11.3. The molecule has 3 rings (SSSR count). The third-order valence-electron chi connectivity index (χ3n) is 3.61. The van der Waals surface area contributed by atoms with E-state index in [1.165, 1.54) is 23.5 Å². The fourth-order valence-electron chi connectivity index (χ4n) is 2.47. The van der Waals surface area contributed by atoms with Crippen molar-refractivity contribution in [3.63, 3.8) is 0 Å². The van der Waals surface area contributed by atoms with Crippen molar-refractivity contribution in [1.29, 1.82) is 0 Å². The largest absolute Gasteiger partial charge is 0.383 e. The highest BCUT2D eigenvalue weighted by Crippen LogP contribution is 2.32. The maximum Gasteiger partial charge on any atom is 0.263 e. The second-order valence-corrected chi connectivity index (χ2v) is 7.20. The number of nitrogens with zero attached hydrogens (tertiary/aromatic N) is 2. The molecule has 0 N–H and O–H groups in total. The number of aromatic nitrogens is 2. The van der Waals surface area contributed by atoms with Crippen molar-refractivity contribution in [2.75, 3.05) is 19.5 Å². The highest BCUT2D eigenvalue weighted by atomic mass is 32.2. The second-order valence-electron chi connectivity index (χ2n) is 5.11. The van der Waals surface area contributed by atoms with Gasteiger partial charge in [0.15, 0.2) is 5.16 Å². The van der Waals surface area contributed by atoms with E-state index in [1.54, 1.807) is 35.6 Å². The number of methoxy groups -OCH3 is 1. The minimum absolute atomic E-state index is 0.0754. The molecule has 0 atom stereocenters. The molecule has 24 heavy (non-hydrogen) atoms. The van der Waals surface area contributed by atoms with Crippen LogP contribution in [0.2, 0.25) is 0 Å². The number of rotatable bonds is 6. The number of ether oxygens (including phenoxy) is 1. The fraction of sp³-hybridized carbons (Fsp3) is 0.294. The van der Waals surface area contributed by atoms with E-state index >= 15 is 0 Å². The zero-order valence-corrected chi connectivity index (χ0v) is 15.0. The number of hydrogen-bond donors (Lipinski definition) is 0. The standard InChI is InChI=1S/C17H17FN2O2S2/c1-3-23-17-19-15-14(16(21)20(17)8-9-22-2)13(10-24-15)11-4-6-12(18)7-5-11/h4-7,10H,3,8-9H2,1-2H3. The second kappa shape index (κ2) is 7.46. The van der Waals surface area contributed by atoms with Gasteiger partial charge in [0.2, 0.25) is 0 Å². The molecule has 2 heterocycles. The minimum Gasteiger partial charge on any atom is -0.383 e. The van der Waals surface area contributed by atoms with E-state index in [0.717, 1.165) is 16.9 Å². The van der Waals surface area contributed by atoms with Gasteiger partial charge in [-0.3, -0.25) is 9.36 Å². The van der Waals surface area contributed by atoms with E-state index in [4.69, 9.17) is 4.74 Å². The van der Waals surface area contributed by atoms with Crippen LogP contribution in [0.1, 0.15) is 6.92 Å². The van der Waals surface area contributed by atoms with Crippen LogP contribution in [0, 0.1) is 5.82 Å². The first-order chi connectivity index (χ1) is 11.7. The number of fused-ring (bicyclic) bond motifs is 1.